The van der Waals surface area contributed by atoms with Crippen molar-refractivity contribution >= 4 is 23.5 Å². The summed E-state index contributed by atoms with van der Waals surface area (Å²) in [6, 6.07) is 0. The Labute approximate surface area is 79.9 Å². The normalized spacial score (nSPS) is 16.4. The molecule has 0 fully saturated rings. The molecule has 0 nitrogen and oxygen atoms in total. The molecule has 0 aromatic rings. The molecule has 0 aliphatic heterocycles. The highest BCUT2D eigenvalue weighted by Gasteiger charge is 2.13. The summed E-state index contributed by atoms with van der Waals surface area (Å²) < 4.78 is 0. The van der Waals surface area contributed by atoms with Crippen LogP contribution < -0.4 is 0 Å². The summed E-state index contributed by atoms with van der Waals surface area (Å²) >= 11 is 3.98. The molecule has 0 aliphatic carbocycles. The third-order valence-electron chi connectivity index (χ3n) is 2.08. The van der Waals surface area contributed by atoms with E-state index in [1.807, 2.05) is 23.5 Å². The zero-order chi connectivity index (χ0) is 8.69. The average molecular weight is 192 g/mol. The van der Waals surface area contributed by atoms with E-state index < -0.39 is 0 Å². The van der Waals surface area contributed by atoms with Gasteiger partial charge in [-0.1, -0.05) is 20.3 Å². The lowest BCUT2D eigenvalue weighted by molar-refractivity contribution is 0.530. The predicted octanol–water partition coefficient (Wildman–Crippen LogP) is 3.52. The van der Waals surface area contributed by atoms with Crippen molar-refractivity contribution in [3.63, 3.8) is 0 Å². The van der Waals surface area contributed by atoms with Crippen molar-refractivity contribution in [1.29, 1.82) is 0 Å². The van der Waals surface area contributed by atoms with Gasteiger partial charge in [0.1, 0.15) is 0 Å². The Kier molecular flexibility index (Phi) is 7.82. The number of hydrogen-bond donors (Lipinski definition) is 0. The van der Waals surface area contributed by atoms with Crippen molar-refractivity contribution in [1.82, 2.24) is 0 Å². The number of hydrogen-bond acceptors (Lipinski definition) is 2. The summed E-state index contributed by atoms with van der Waals surface area (Å²) in [4.78, 5) is 0. The molecule has 0 N–H and O–H groups in total. The molecule has 2 unspecified atom stereocenters. The first-order valence-corrected chi connectivity index (χ1v) is 6.96. The minimum atomic E-state index is 0.836. The maximum atomic E-state index is 2.35. The summed E-state index contributed by atoms with van der Waals surface area (Å²) in [5.41, 5.74) is 0. The molecule has 0 amide bonds. The Morgan fingerprint density at radius 2 is 1.91 bits per heavy atom. The highest BCUT2D eigenvalue weighted by molar-refractivity contribution is 7.99. The first-order chi connectivity index (χ1) is 5.26. The van der Waals surface area contributed by atoms with Crippen molar-refractivity contribution in [2.45, 2.75) is 31.9 Å². The van der Waals surface area contributed by atoms with Crippen LogP contribution in [0.3, 0.4) is 0 Å². The van der Waals surface area contributed by atoms with Crippen molar-refractivity contribution in [3.05, 3.63) is 0 Å². The van der Waals surface area contributed by atoms with Gasteiger partial charge in [-0.05, 0) is 30.6 Å². The van der Waals surface area contributed by atoms with Crippen LogP contribution >= 0.6 is 23.5 Å². The van der Waals surface area contributed by atoms with Crippen molar-refractivity contribution < 1.29 is 0 Å². The average Bonchev–Trinajstić information content (AvgIpc) is 2.03. The lowest BCUT2D eigenvalue weighted by atomic mass is 10.0. The van der Waals surface area contributed by atoms with E-state index >= 15 is 0 Å². The quantitative estimate of drug-likeness (QED) is 0.631. The van der Waals surface area contributed by atoms with Gasteiger partial charge in [-0.25, -0.2) is 0 Å². The van der Waals surface area contributed by atoms with E-state index in [0.29, 0.717) is 0 Å². The lowest BCUT2D eigenvalue weighted by Crippen LogP contribution is -2.15. The van der Waals surface area contributed by atoms with Crippen molar-refractivity contribution in [2.75, 3.05) is 18.3 Å². The fourth-order valence-corrected chi connectivity index (χ4v) is 2.85. The van der Waals surface area contributed by atoms with Gasteiger partial charge in [0.15, 0.2) is 0 Å². The standard InChI is InChI=1S/C9H20S2/c1-5-6-9(7-10-3)8(2)11-4/h8-9H,5-7H2,1-4H3. The molecule has 0 saturated carbocycles. The SMILES string of the molecule is CCCC(CSC)C(C)SC. The largest absolute Gasteiger partial charge is 0.165 e. The minimum Gasteiger partial charge on any atom is -0.165 e. The van der Waals surface area contributed by atoms with Crippen LogP contribution in [0.25, 0.3) is 0 Å². The van der Waals surface area contributed by atoms with Gasteiger partial charge < -0.3 is 0 Å². The van der Waals surface area contributed by atoms with Crippen LogP contribution in [-0.4, -0.2) is 23.5 Å². The molecule has 2 heteroatoms. The zero-order valence-corrected chi connectivity index (χ0v) is 9.73. The molecule has 11 heavy (non-hydrogen) atoms. The third kappa shape index (κ3) is 5.02. The highest BCUT2D eigenvalue weighted by Crippen LogP contribution is 2.23. The van der Waals surface area contributed by atoms with Crippen LogP contribution in [0.2, 0.25) is 0 Å². The Bertz CT molecular complexity index is 77.6. The maximum Gasteiger partial charge on any atom is 0.00520 e. The molecular weight excluding hydrogens is 172 g/mol. The highest BCUT2D eigenvalue weighted by atomic mass is 32.2. The van der Waals surface area contributed by atoms with E-state index in [4.69, 9.17) is 0 Å². The van der Waals surface area contributed by atoms with Crippen LogP contribution in [0.4, 0.5) is 0 Å². The van der Waals surface area contributed by atoms with Crippen LogP contribution in [0, 0.1) is 5.92 Å². The Hall–Kier alpha value is 0.700. The maximum absolute atomic E-state index is 2.35. The molecule has 0 aromatic heterocycles. The second-order valence-corrected chi connectivity index (χ2v) is 5.07. The van der Waals surface area contributed by atoms with Crippen LogP contribution in [0.5, 0.6) is 0 Å². The van der Waals surface area contributed by atoms with Crippen LogP contribution in [0.15, 0.2) is 0 Å². The van der Waals surface area contributed by atoms with Crippen LogP contribution in [0.1, 0.15) is 26.7 Å². The van der Waals surface area contributed by atoms with Gasteiger partial charge in [-0.3, -0.25) is 0 Å². The fraction of sp³-hybridized carbons (Fsp3) is 1.00. The minimum absolute atomic E-state index is 0.836. The Balaban J connectivity index is 3.66. The van der Waals surface area contributed by atoms with E-state index in [-0.39, 0.29) is 0 Å². The second kappa shape index (κ2) is 7.35. The molecule has 0 saturated heterocycles. The van der Waals surface area contributed by atoms with Gasteiger partial charge in [0.05, 0.1) is 0 Å². The summed E-state index contributed by atoms with van der Waals surface area (Å²) in [6.45, 7) is 4.63. The molecule has 0 heterocycles. The Morgan fingerprint density at radius 3 is 2.27 bits per heavy atom. The smallest absolute Gasteiger partial charge is 0.00520 e. The van der Waals surface area contributed by atoms with Gasteiger partial charge in [-0.2, -0.15) is 23.5 Å². The number of thioether (sulfide) groups is 2. The summed E-state index contributed by atoms with van der Waals surface area (Å²) in [5, 5.41) is 0.836. The van der Waals surface area contributed by atoms with Crippen LogP contribution in [-0.2, 0) is 0 Å². The molecule has 0 spiro atoms. The zero-order valence-electron chi connectivity index (χ0n) is 8.09. The van der Waals surface area contributed by atoms with E-state index in [1.165, 1.54) is 18.6 Å². The number of rotatable bonds is 6. The Morgan fingerprint density at radius 1 is 1.27 bits per heavy atom. The summed E-state index contributed by atoms with van der Waals surface area (Å²) in [7, 11) is 0. The van der Waals surface area contributed by atoms with Crippen molar-refractivity contribution in [3.8, 4) is 0 Å². The van der Waals surface area contributed by atoms with Crippen molar-refractivity contribution in [2.24, 2.45) is 5.92 Å². The second-order valence-electron chi connectivity index (χ2n) is 2.94. The molecular formula is C9H20S2. The topological polar surface area (TPSA) is 0 Å². The molecule has 68 valence electrons. The molecule has 0 radical (unpaired) electrons. The first kappa shape index (κ1) is 11.7. The van der Waals surface area contributed by atoms with E-state index in [1.54, 1.807) is 0 Å². The summed E-state index contributed by atoms with van der Waals surface area (Å²) in [6.07, 6.45) is 7.14. The predicted molar refractivity (Wildman–Crippen MR) is 59.8 cm³/mol. The van der Waals surface area contributed by atoms with Gasteiger partial charge in [0, 0.05) is 5.25 Å². The molecule has 0 aromatic carbocycles. The fourth-order valence-electron chi connectivity index (χ4n) is 1.23. The molecule has 0 rings (SSSR count). The monoisotopic (exact) mass is 192 g/mol. The van der Waals surface area contributed by atoms with Gasteiger partial charge in [-0.15, -0.1) is 0 Å². The van der Waals surface area contributed by atoms with E-state index in [0.717, 1.165) is 11.2 Å². The molecule has 0 bridgehead atoms. The molecule has 0 aliphatic rings. The lowest BCUT2D eigenvalue weighted by Gasteiger charge is -2.20. The van der Waals surface area contributed by atoms with Gasteiger partial charge in [0.2, 0.25) is 0 Å². The molecule has 2 atom stereocenters. The third-order valence-corrected chi connectivity index (χ3v) is 3.97. The van der Waals surface area contributed by atoms with Gasteiger partial charge in [0.25, 0.3) is 0 Å². The van der Waals surface area contributed by atoms with E-state index in [9.17, 15) is 0 Å². The summed E-state index contributed by atoms with van der Waals surface area (Å²) in [5.74, 6) is 2.25. The van der Waals surface area contributed by atoms with E-state index in [2.05, 4.69) is 26.4 Å². The first-order valence-electron chi connectivity index (χ1n) is 4.28. The van der Waals surface area contributed by atoms with Gasteiger partial charge >= 0.3 is 0 Å².